The molecule has 0 heterocycles. The molecule has 0 saturated heterocycles. The molecule has 2 aromatic rings. The normalized spacial score (nSPS) is 29.0. The number of aromatic hydroxyl groups is 1. The van der Waals surface area contributed by atoms with Crippen LogP contribution in [-0.4, -0.2) is 87.5 Å². The fourth-order valence-electron chi connectivity index (χ4n) is 6.81. The topological polar surface area (TPSA) is 204 Å². The molecule has 6 N–H and O–H groups in total. The van der Waals surface area contributed by atoms with Crippen molar-refractivity contribution in [1.29, 1.82) is 0 Å². The average Bonchev–Trinajstić information content (AvgIpc) is 2.91. The number of phenolic OH excluding ortho intramolecular Hbond substituents is 1. The predicted octanol–water partition coefficient (Wildman–Crippen LogP) is -0.535. The van der Waals surface area contributed by atoms with E-state index in [1.807, 2.05) is 0 Å². The molecule has 214 valence electrons. The molecule has 2 fully saturated rings. The Labute approximate surface area is 234 Å². The standard InChI is InChI=1S/C29H29N3O9/c1-32(2)23-17-10-13-9-16-15(12-3-5-14(6-4-12)31-19(35)11-33)7-8-18(34)21(16)24(36)20(13)26(38)29(17,41)27(39)22(25(23)37)28(30)40/h3-8,13,17,20,22-23,33-34,41H,9-11H2,1-2H3,(H2,30,40)(H,31,35)/t13-,17-,20?,22?,23-,29-/m0/s1. The average molecular weight is 564 g/mol. The number of primary amides is 1. The van der Waals surface area contributed by atoms with Gasteiger partial charge in [-0.1, -0.05) is 18.2 Å². The minimum absolute atomic E-state index is 0.0505. The van der Waals surface area contributed by atoms with Crippen molar-refractivity contribution in [3.63, 3.8) is 0 Å². The fraction of sp³-hybridized carbons (Fsp3) is 0.379. The van der Waals surface area contributed by atoms with E-state index in [4.69, 9.17) is 10.8 Å². The zero-order chi connectivity index (χ0) is 30.0. The van der Waals surface area contributed by atoms with Gasteiger partial charge in [0.15, 0.2) is 34.7 Å². The number of fused-ring (bicyclic) bond motifs is 3. The second kappa shape index (κ2) is 9.98. The van der Waals surface area contributed by atoms with Gasteiger partial charge in [0.2, 0.25) is 11.8 Å². The number of nitrogens with zero attached hydrogens (tertiary/aromatic N) is 1. The molecular formula is C29H29N3O9. The Morgan fingerprint density at radius 3 is 2.29 bits per heavy atom. The Balaban J connectivity index is 1.59. The van der Waals surface area contributed by atoms with E-state index in [0.29, 0.717) is 22.4 Å². The van der Waals surface area contributed by atoms with Crippen LogP contribution < -0.4 is 11.1 Å². The lowest BCUT2D eigenvalue weighted by Crippen LogP contribution is -2.74. The first kappa shape index (κ1) is 28.3. The van der Waals surface area contributed by atoms with Crippen LogP contribution in [0.4, 0.5) is 5.69 Å². The minimum atomic E-state index is -2.78. The van der Waals surface area contributed by atoms with Gasteiger partial charge >= 0.3 is 0 Å². The summed E-state index contributed by atoms with van der Waals surface area (Å²) in [4.78, 5) is 79.3. The fourth-order valence-corrected chi connectivity index (χ4v) is 6.81. The number of rotatable bonds is 5. The second-order valence-electron chi connectivity index (χ2n) is 11.1. The maximum Gasteiger partial charge on any atom is 0.250 e. The quantitative estimate of drug-likeness (QED) is 0.294. The van der Waals surface area contributed by atoms with Crippen LogP contribution >= 0.6 is 0 Å². The third-order valence-electron chi connectivity index (χ3n) is 8.57. The molecule has 2 aromatic carbocycles. The molecule has 2 unspecified atom stereocenters. The predicted molar refractivity (Wildman–Crippen MR) is 143 cm³/mol. The summed E-state index contributed by atoms with van der Waals surface area (Å²) >= 11 is 0. The van der Waals surface area contributed by atoms with Gasteiger partial charge in [-0.3, -0.25) is 33.7 Å². The number of aliphatic hydroxyl groups is 2. The zero-order valence-corrected chi connectivity index (χ0v) is 22.3. The summed E-state index contributed by atoms with van der Waals surface area (Å²) in [6.07, 6.45) is 0.0731. The number of likely N-dealkylation sites (N-methyl/N-ethyl adjacent to an activating group) is 1. The van der Waals surface area contributed by atoms with E-state index in [1.165, 1.54) is 25.1 Å². The first-order chi connectivity index (χ1) is 19.3. The SMILES string of the molecule is CN(C)[C@@H]1C(=O)C(C(N)=O)C(=O)[C@@]2(O)C(=O)C3C(=O)c4c(O)ccc(-c5ccc(NC(=O)CO)cc5)c4C[C@H]3C[C@@H]12. The number of nitrogens with one attached hydrogen (secondary N) is 1. The Morgan fingerprint density at radius 1 is 1.05 bits per heavy atom. The van der Waals surface area contributed by atoms with Gasteiger partial charge in [-0.05, 0) is 67.7 Å². The van der Waals surface area contributed by atoms with Crippen molar-refractivity contribution in [1.82, 2.24) is 4.90 Å². The molecule has 0 spiro atoms. The first-order valence-electron chi connectivity index (χ1n) is 13.0. The van der Waals surface area contributed by atoms with Gasteiger partial charge in [-0.2, -0.15) is 0 Å². The number of hydrogen-bond donors (Lipinski definition) is 5. The highest BCUT2D eigenvalue weighted by atomic mass is 16.3. The highest BCUT2D eigenvalue weighted by molar-refractivity contribution is 6.32. The van der Waals surface area contributed by atoms with Crippen LogP contribution in [0.25, 0.3) is 11.1 Å². The first-order valence-corrected chi connectivity index (χ1v) is 13.0. The number of ketones is 4. The van der Waals surface area contributed by atoms with Crippen LogP contribution in [-0.2, 0) is 30.4 Å². The van der Waals surface area contributed by atoms with Gasteiger partial charge in [-0.15, -0.1) is 0 Å². The second-order valence-corrected chi connectivity index (χ2v) is 11.1. The lowest BCUT2D eigenvalue weighted by atomic mass is 9.52. The van der Waals surface area contributed by atoms with Crippen molar-refractivity contribution in [2.45, 2.75) is 24.5 Å². The van der Waals surface area contributed by atoms with E-state index in [0.717, 1.165) is 0 Å². The summed E-state index contributed by atoms with van der Waals surface area (Å²) in [5.41, 5.74) is 4.59. The molecule has 12 heteroatoms. The van der Waals surface area contributed by atoms with E-state index in [1.54, 1.807) is 30.3 Å². The highest BCUT2D eigenvalue weighted by Crippen LogP contribution is 2.51. The number of benzene rings is 2. The van der Waals surface area contributed by atoms with Crippen LogP contribution in [0.5, 0.6) is 5.75 Å². The van der Waals surface area contributed by atoms with Crippen LogP contribution in [0.2, 0.25) is 0 Å². The smallest absolute Gasteiger partial charge is 0.250 e. The van der Waals surface area contributed by atoms with Crippen LogP contribution in [0.3, 0.4) is 0 Å². The molecule has 3 aliphatic rings. The number of amides is 2. The van der Waals surface area contributed by atoms with Gasteiger partial charge in [-0.25, -0.2) is 0 Å². The van der Waals surface area contributed by atoms with Crippen molar-refractivity contribution >= 4 is 40.6 Å². The van der Waals surface area contributed by atoms with Gasteiger partial charge in [0.1, 0.15) is 12.4 Å². The van der Waals surface area contributed by atoms with Crippen molar-refractivity contribution < 1.29 is 44.1 Å². The Kier molecular flexibility index (Phi) is 6.88. The molecule has 12 nitrogen and oxygen atoms in total. The Bertz CT molecular complexity index is 1520. The zero-order valence-electron chi connectivity index (χ0n) is 22.3. The summed E-state index contributed by atoms with van der Waals surface area (Å²) in [5.74, 6) is -11.6. The van der Waals surface area contributed by atoms with Crippen molar-refractivity contribution in [3.05, 3.63) is 47.5 Å². The number of carbonyl (C=O) groups is 6. The largest absolute Gasteiger partial charge is 0.507 e. The summed E-state index contributed by atoms with van der Waals surface area (Å²) in [6, 6.07) is 8.34. The lowest BCUT2D eigenvalue weighted by molar-refractivity contribution is -0.181. The number of Topliss-reactive ketones (excluding diaryl/α,β-unsaturated/α-hetero) is 4. The van der Waals surface area contributed by atoms with Crippen LogP contribution in [0.1, 0.15) is 22.3 Å². The molecule has 0 aromatic heterocycles. The monoisotopic (exact) mass is 563 g/mol. The molecule has 3 aliphatic carbocycles. The molecule has 2 amide bonds. The van der Waals surface area contributed by atoms with E-state index >= 15 is 0 Å². The van der Waals surface area contributed by atoms with Crippen LogP contribution in [0, 0.1) is 23.7 Å². The maximum absolute atomic E-state index is 13.9. The van der Waals surface area contributed by atoms with Gasteiger partial charge < -0.3 is 26.4 Å². The van der Waals surface area contributed by atoms with Gasteiger partial charge in [0.25, 0.3) is 0 Å². The Morgan fingerprint density at radius 2 is 1.71 bits per heavy atom. The van der Waals surface area contributed by atoms with Crippen LogP contribution in [0.15, 0.2) is 36.4 Å². The molecule has 0 bridgehead atoms. The number of aliphatic hydroxyl groups excluding tert-OH is 1. The highest BCUT2D eigenvalue weighted by Gasteiger charge is 2.69. The van der Waals surface area contributed by atoms with E-state index in [-0.39, 0.29) is 24.2 Å². The minimum Gasteiger partial charge on any atom is -0.507 e. The Hall–Kier alpha value is -4.26. The number of nitrogens with two attached hydrogens (primary N) is 1. The lowest BCUT2D eigenvalue weighted by Gasteiger charge is -2.52. The number of phenols is 1. The molecular weight excluding hydrogens is 534 g/mol. The summed E-state index contributed by atoms with van der Waals surface area (Å²) in [5, 5.41) is 33.8. The van der Waals surface area contributed by atoms with Gasteiger partial charge in [0, 0.05) is 11.6 Å². The molecule has 6 atom stereocenters. The molecule has 0 aliphatic heterocycles. The number of carbonyl (C=O) groups excluding carboxylic acids is 6. The molecule has 2 saturated carbocycles. The van der Waals surface area contributed by atoms with Gasteiger partial charge in [0.05, 0.1) is 17.5 Å². The van der Waals surface area contributed by atoms with E-state index in [2.05, 4.69) is 5.32 Å². The molecule has 5 rings (SSSR count). The number of hydrogen-bond acceptors (Lipinski definition) is 10. The number of anilines is 1. The third kappa shape index (κ3) is 4.17. The third-order valence-corrected chi connectivity index (χ3v) is 8.57. The molecule has 0 radical (unpaired) electrons. The van der Waals surface area contributed by atoms with Crippen molar-refractivity contribution in [2.75, 3.05) is 26.0 Å². The van der Waals surface area contributed by atoms with Crippen molar-refractivity contribution in [3.8, 4) is 16.9 Å². The van der Waals surface area contributed by atoms with E-state index < -0.39 is 76.9 Å². The summed E-state index contributed by atoms with van der Waals surface area (Å²) in [6.45, 7) is -0.679. The molecule has 41 heavy (non-hydrogen) atoms. The summed E-state index contributed by atoms with van der Waals surface area (Å²) in [7, 11) is 3.05. The van der Waals surface area contributed by atoms with E-state index in [9.17, 15) is 39.0 Å². The van der Waals surface area contributed by atoms with Crippen molar-refractivity contribution in [2.24, 2.45) is 29.4 Å². The maximum atomic E-state index is 13.9. The summed E-state index contributed by atoms with van der Waals surface area (Å²) < 4.78 is 0.